The second-order valence-electron chi connectivity index (χ2n) is 5.29. The van der Waals surface area contributed by atoms with Crippen LogP contribution in [0.2, 0.25) is 0 Å². The van der Waals surface area contributed by atoms with Gasteiger partial charge in [-0.2, -0.15) is 0 Å². The first-order chi connectivity index (χ1) is 13.5. The second kappa shape index (κ2) is 21.1. The number of ether oxygens (including phenoxy) is 2. The summed E-state index contributed by atoms with van der Waals surface area (Å²) >= 11 is 0. The lowest BCUT2D eigenvalue weighted by atomic mass is 10.2. The van der Waals surface area contributed by atoms with Gasteiger partial charge in [0.2, 0.25) is 0 Å². The Morgan fingerprint density at radius 2 is 0.724 bits per heavy atom. The third kappa shape index (κ3) is 36.5. The van der Waals surface area contributed by atoms with Gasteiger partial charge in [-0.15, -0.1) is 0 Å². The Hall–Kier alpha value is -3.18. The molecule has 0 saturated heterocycles. The first-order valence-corrected chi connectivity index (χ1v) is 8.47. The van der Waals surface area contributed by atoms with Crippen molar-refractivity contribution in [3.05, 3.63) is 0 Å². The number of methoxy groups -OCH3 is 2. The highest BCUT2D eigenvalue weighted by atomic mass is 16.5. The number of carbonyl (C=O) groups is 6. The van der Waals surface area contributed by atoms with E-state index in [0.717, 1.165) is 0 Å². The maximum atomic E-state index is 10.4. The van der Waals surface area contributed by atoms with Gasteiger partial charge < -0.3 is 29.9 Å². The summed E-state index contributed by atoms with van der Waals surface area (Å²) in [5.41, 5.74) is 0. The van der Waals surface area contributed by atoms with Crippen LogP contribution < -0.4 is 0 Å². The van der Waals surface area contributed by atoms with Crippen molar-refractivity contribution in [3.8, 4) is 0 Å². The van der Waals surface area contributed by atoms with Crippen molar-refractivity contribution >= 4 is 35.8 Å². The third-order valence-corrected chi connectivity index (χ3v) is 2.80. The summed E-state index contributed by atoms with van der Waals surface area (Å²) in [4.78, 5) is 60.2. The average molecular weight is 424 g/mol. The Morgan fingerprint density at radius 3 is 0.931 bits per heavy atom. The molecule has 29 heavy (non-hydrogen) atoms. The molecule has 4 N–H and O–H groups in total. The zero-order chi connectivity index (χ0) is 23.2. The topological polar surface area (TPSA) is 202 Å². The third-order valence-electron chi connectivity index (χ3n) is 2.80. The number of carbonyl (C=O) groups excluding carboxylic acids is 2. The lowest BCUT2D eigenvalue weighted by Crippen LogP contribution is -2.06. The summed E-state index contributed by atoms with van der Waals surface area (Å²) in [6, 6.07) is 0. The van der Waals surface area contributed by atoms with Crippen LogP contribution in [0.5, 0.6) is 0 Å². The van der Waals surface area contributed by atoms with Crippen molar-refractivity contribution in [2.24, 2.45) is 0 Å². The molecule has 12 heteroatoms. The molecule has 0 radical (unpaired) electrons. The monoisotopic (exact) mass is 424 g/mol. The maximum Gasteiger partial charge on any atom is 0.306 e. The largest absolute Gasteiger partial charge is 0.481 e. The first-order valence-electron chi connectivity index (χ1n) is 8.47. The smallest absolute Gasteiger partial charge is 0.306 e. The number of carboxylic acids is 4. The van der Waals surface area contributed by atoms with E-state index in [1.165, 1.54) is 14.2 Å². The molecular weight excluding hydrogens is 396 g/mol. The minimum absolute atomic E-state index is 0.0628. The van der Waals surface area contributed by atoms with E-state index in [2.05, 4.69) is 9.47 Å². The van der Waals surface area contributed by atoms with Gasteiger partial charge in [-0.3, -0.25) is 28.8 Å². The van der Waals surface area contributed by atoms with Gasteiger partial charge >= 0.3 is 35.8 Å². The van der Waals surface area contributed by atoms with Crippen LogP contribution in [0, 0.1) is 0 Å². The second-order valence-corrected chi connectivity index (χ2v) is 5.29. The van der Waals surface area contributed by atoms with E-state index >= 15 is 0 Å². The van der Waals surface area contributed by atoms with E-state index < -0.39 is 35.8 Å². The van der Waals surface area contributed by atoms with E-state index in [9.17, 15) is 28.8 Å². The normalized spacial score (nSPS) is 8.90. The molecule has 0 aliphatic heterocycles. The molecule has 0 atom stereocenters. The van der Waals surface area contributed by atoms with Crippen molar-refractivity contribution in [3.63, 3.8) is 0 Å². The standard InChI is InChI=1S/2C6H10O4.C5H8O4/c1-9-5(7)3-4-6(8)10-2;7-5(8)3-1-2-4-6(9)10;6-4(7)2-1-3-5(8)9/h3-4H2,1-2H3;1-4H2,(H,7,8)(H,9,10);1-3H2,(H,6,7)(H,8,9). The number of carboxylic acid groups (broad SMARTS) is 4. The number of hydrogen-bond donors (Lipinski definition) is 4. The van der Waals surface area contributed by atoms with Crippen LogP contribution in [-0.2, 0) is 38.2 Å². The molecule has 0 aliphatic carbocycles. The van der Waals surface area contributed by atoms with Crippen molar-refractivity contribution < 1.29 is 58.7 Å². The molecule has 0 aromatic carbocycles. The Balaban J connectivity index is -0.000000350. The summed E-state index contributed by atoms with van der Waals surface area (Å²) in [6.45, 7) is 0. The summed E-state index contributed by atoms with van der Waals surface area (Å²) in [7, 11) is 2.55. The molecule has 0 aromatic rings. The van der Waals surface area contributed by atoms with Gasteiger partial charge in [0.05, 0.1) is 27.1 Å². The summed E-state index contributed by atoms with van der Waals surface area (Å²) in [6.07, 6.45) is 1.28. The fourth-order valence-corrected chi connectivity index (χ4v) is 1.35. The van der Waals surface area contributed by atoms with Crippen LogP contribution in [0.3, 0.4) is 0 Å². The predicted molar refractivity (Wildman–Crippen MR) is 96.1 cm³/mol. The van der Waals surface area contributed by atoms with Crippen LogP contribution in [0.1, 0.15) is 57.8 Å². The van der Waals surface area contributed by atoms with Crippen LogP contribution in [0.15, 0.2) is 0 Å². The minimum Gasteiger partial charge on any atom is -0.481 e. The van der Waals surface area contributed by atoms with Gasteiger partial charge in [0.1, 0.15) is 0 Å². The van der Waals surface area contributed by atoms with Crippen molar-refractivity contribution in [2.45, 2.75) is 57.8 Å². The maximum absolute atomic E-state index is 10.4. The quantitative estimate of drug-likeness (QED) is 0.257. The Labute approximate surface area is 167 Å². The lowest BCUT2D eigenvalue weighted by molar-refractivity contribution is -0.147. The number of aliphatic carboxylic acids is 4. The van der Waals surface area contributed by atoms with Gasteiger partial charge in [-0.25, -0.2) is 0 Å². The van der Waals surface area contributed by atoms with Crippen LogP contribution in [-0.4, -0.2) is 70.5 Å². The number of unbranched alkanes of at least 4 members (excludes halogenated alkanes) is 1. The molecule has 0 saturated carbocycles. The predicted octanol–water partition coefficient (Wildman–Crippen LogP) is 1.15. The minimum atomic E-state index is -0.948. The molecule has 0 aromatic heterocycles. The van der Waals surface area contributed by atoms with Crippen molar-refractivity contribution in [1.29, 1.82) is 0 Å². The highest BCUT2D eigenvalue weighted by Crippen LogP contribution is 1.98. The highest BCUT2D eigenvalue weighted by Gasteiger charge is 2.05. The summed E-state index contributed by atoms with van der Waals surface area (Å²) < 4.78 is 8.60. The fraction of sp³-hybridized carbons (Fsp3) is 0.647. The van der Waals surface area contributed by atoms with Gasteiger partial charge in [0.25, 0.3) is 0 Å². The number of rotatable bonds is 12. The van der Waals surface area contributed by atoms with Crippen LogP contribution in [0.25, 0.3) is 0 Å². The Morgan fingerprint density at radius 1 is 0.483 bits per heavy atom. The molecule has 0 fully saturated rings. The molecule has 0 spiro atoms. The van der Waals surface area contributed by atoms with Crippen LogP contribution >= 0.6 is 0 Å². The van der Waals surface area contributed by atoms with Gasteiger partial charge in [0.15, 0.2) is 0 Å². The van der Waals surface area contributed by atoms with E-state index in [1.54, 1.807) is 0 Å². The summed E-state index contributed by atoms with van der Waals surface area (Å²) in [5.74, 6) is -4.43. The van der Waals surface area contributed by atoms with E-state index in [-0.39, 0.29) is 44.9 Å². The molecule has 0 amide bonds. The van der Waals surface area contributed by atoms with Gasteiger partial charge in [-0.1, -0.05) is 0 Å². The molecule has 0 heterocycles. The van der Waals surface area contributed by atoms with E-state index in [0.29, 0.717) is 12.8 Å². The summed E-state index contributed by atoms with van der Waals surface area (Å²) in [5, 5.41) is 32.3. The zero-order valence-corrected chi connectivity index (χ0v) is 16.4. The molecular formula is C17H28O12. The average Bonchev–Trinajstić information content (AvgIpc) is 2.63. The van der Waals surface area contributed by atoms with Gasteiger partial charge in [-0.05, 0) is 19.3 Å². The number of hydrogen-bond acceptors (Lipinski definition) is 8. The van der Waals surface area contributed by atoms with Crippen molar-refractivity contribution in [1.82, 2.24) is 0 Å². The molecule has 0 aliphatic rings. The fourth-order valence-electron chi connectivity index (χ4n) is 1.35. The molecule has 0 rings (SSSR count). The zero-order valence-electron chi connectivity index (χ0n) is 16.4. The van der Waals surface area contributed by atoms with Crippen LogP contribution in [0.4, 0.5) is 0 Å². The molecule has 0 unspecified atom stereocenters. The SMILES string of the molecule is COC(=O)CCC(=O)OC.O=C(O)CCCC(=O)O.O=C(O)CCCCC(=O)O. The van der Waals surface area contributed by atoms with E-state index in [4.69, 9.17) is 20.4 Å². The molecule has 0 bridgehead atoms. The Bertz CT molecular complexity index is 481. The first kappa shape index (κ1) is 30.5. The van der Waals surface area contributed by atoms with Gasteiger partial charge in [0, 0.05) is 25.7 Å². The molecule has 168 valence electrons. The van der Waals surface area contributed by atoms with Crippen molar-refractivity contribution in [2.75, 3.05) is 14.2 Å². The molecule has 12 nitrogen and oxygen atoms in total. The number of esters is 2. The highest BCUT2D eigenvalue weighted by molar-refractivity contribution is 5.77. The Kier molecular flexibility index (Phi) is 22.2. The lowest BCUT2D eigenvalue weighted by Gasteiger charge is -1.96. The van der Waals surface area contributed by atoms with E-state index in [1.807, 2.05) is 0 Å².